The molecule has 2 unspecified atom stereocenters. The van der Waals surface area contributed by atoms with Gasteiger partial charge in [0.15, 0.2) is 0 Å². The molecule has 30 heavy (non-hydrogen) atoms. The van der Waals surface area contributed by atoms with Crippen molar-refractivity contribution in [3.63, 3.8) is 0 Å². The first-order chi connectivity index (χ1) is 14.4. The van der Waals surface area contributed by atoms with Gasteiger partial charge >= 0.3 is 0 Å². The number of nitrogens with zero attached hydrogens (tertiary/aromatic N) is 4. The summed E-state index contributed by atoms with van der Waals surface area (Å²) in [7, 11) is 0. The number of anilines is 1. The Kier molecular flexibility index (Phi) is 8.23. The second-order valence-electron chi connectivity index (χ2n) is 9.92. The number of carbonyl (C=O) groups is 1. The molecular weight excluding hydrogens is 374 g/mol. The van der Waals surface area contributed by atoms with Gasteiger partial charge in [0.25, 0.3) is 0 Å². The first-order valence-electron chi connectivity index (χ1n) is 11.9. The summed E-state index contributed by atoms with van der Waals surface area (Å²) in [6, 6.07) is 0.987. The molecule has 6 heteroatoms. The van der Waals surface area contributed by atoms with Crippen LogP contribution in [0.15, 0.2) is 12.4 Å². The van der Waals surface area contributed by atoms with Crippen molar-refractivity contribution in [3.05, 3.63) is 18.0 Å². The highest BCUT2D eigenvalue weighted by molar-refractivity contribution is 5.82. The van der Waals surface area contributed by atoms with E-state index < -0.39 is 0 Å². The van der Waals surface area contributed by atoms with Crippen LogP contribution in [0.4, 0.5) is 5.95 Å². The molecule has 2 fully saturated rings. The highest BCUT2D eigenvalue weighted by Crippen LogP contribution is 2.24. The van der Waals surface area contributed by atoms with E-state index in [1.54, 1.807) is 0 Å². The summed E-state index contributed by atoms with van der Waals surface area (Å²) in [5, 5.41) is 3.57. The predicted molar refractivity (Wildman–Crippen MR) is 122 cm³/mol. The van der Waals surface area contributed by atoms with Gasteiger partial charge in [-0.2, -0.15) is 0 Å². The Morgan fingerprint density at radius 2 is 1.80 bits per heavy atom. The molecule has 0 spiro atoms. The number of hydrogen-bond acceptors (Lipinski definition) is 6. The minimum Gasteiger partial charge on any atom is -0.350 e. The fourth-order valence-electron chi connectivity index (χ4n) is 4.86. The molecule has 6 nitrogen and oxygen atoms in total. The number of piperidine rings is 2. The molecule has 0 aromatic carbocycles. The van der Waals surface area contributed by atoms with Crippen LogP contribution in [0.3, 0.4) is 0 Å². The maximum atomic E-state index is 12.2. The quantitative estimate of drug-likeness (QED) is 0.696. The summed E-state index contributed by atoms with van der Waals surface area (Å²) in [5.74, 6) is 2.31. The maximum Gasteiger partial charge on any atom is 0.222 e. The van der Waals surface area contributed by atoms with Crippen LogP contribution in [-0.4, -0.2) is 63.8 Å². The zero-order valence-corrected chi connectivity index (χ0v) is 19.6. The molecule has 0 amide bonds. The smallest absolute Gasteiger partial charge is 0.222 e. The van der Waals surface area contributed by atoms with E-state index in [1.807, 2.05) is 26.2 Å². The van der Waals surface area contributed by atoms with E-state index in [2.05, 4.69) is 45.9 Å². The van der Waals surface area contributed by atoms with Gasteiger partial charge in [-0.15, -0.1) is 0 Å². The fraction of sp³-hybridized carbons (Fsp3) is 0.792. The van der Waals surface area contributed by atoms with Gasteiger partial charge < -0.3 is 5.32 Å². The van der Waals surface area contributed by atoms with Crippen molar-refractivity contribution < 1.29 is 4.79 Å². The van der Waals surface area contributed by atoms with Gasteiger partial charge in [0.05, 0.1) is 0 Å². The molecule has 1 aromatic rings. The lowest BCUT2D eigenvalue weighted by Gasteiger charge is -2.40. The minimum absolute atomic E-state index is 0.152. The Balaban J connectivity index is 1.49. The summed E-state index contributed by atoms with van der Waals surface area (Å²) in [6.07, 6.45) is 8.28. The van der Waals surface area contributed by atoms with E-state index in [0.717, 1.165) is 56.5 Å². The summed E-state index contributed by atoms with van der Waals surface area (Å²) < 4.78 is 0. The number of hydrogen-bond donors (Lipinski definition) is 1. The van der Waals surface area contributed by atoms with E-state index in [0.29, 0.717) is 17.9 Å². The third-order valence-corrected chi connectivity index (χ3v) is 6.88. The Labute approximate surface area is 182 Å². The highest BCUT2D eigenvalue weighted by Gasteiger charge is 2.28. The molecule has 1 aromatic heterocycles. The lowest BCUT2D eigenvalue weighted by molar-refractivity contribution is -0.127. The van der Waals surface area contributed by atoms with Crippen LogP contribution < -0.4 is 5.32 Å². The van der Waals surface area contributed by atoms with Gasteiger partial charge in [0.2, 0.25) is 5.95 Å². The van der Waals surface area contributed by atoms with Crippen LogP contribution in [0.25, 0.3) is 0 Å². The average Bonchev–Trinajstić information content (AvgIpc) is 2.74. The normalized spacial score (nSPS) is 24.5. The topological polar surface area (TPSA) is 61.4 Å². The first kappa shape index (κ1) is 23.1. The van der Waals surface area contributed by atoms with Crippen molar-refractivity contribution in [2.24, 2.45) is 17.8 Å². The molecule has 0 aliphatic carbocycles. The largest absolute Gasteiger partial charge is 0.350 e. The summed E-state index contributed by atoms with van der Waals surface area (Å²) in [4.78, 5) is 26.4. The number of ketones is 1. The Morgan fingerprint density at radius 1 is 1.13 bits per heavy atom. The van der Waals surface area contributed by atoms with Crippen LogP contribution in [0, 0.1) is 17.8 Å². The van der Waals surface area contributed by atoms with Crippen molar-refractivity contribution in [2.45, 2.75) is 78.9 Å². The molecule has 2 aliphatic rings. The number of carbonyl (C=O) groups excluding carboxylic acids is 1. The van der Waals surface area contributed by atoms with E-state index in [4.69, 9.17) is 0 Å². The van der Waals surface area contributed by atoms with Crippen LogP contribution in [0.1, 0.15) is 65.9 Å². The standard InChI is InChI=1S/C24H41N5O/c1-6-19-11-22(16-29(15-19)18(4)5)27-24-25-12-20(13-26-24)14-28-9-7-21(8-10-28)23(30)17(2)3/h12-13,17-19,21-22H,6-11,14-16H2,1-5H3,(H,25,26,27). The summed E-state index contributed by atoms with van der Waals surface area (Å²) >= 11 is 0. The van der Waals surface area contributed by atoms with Gasteiger partial charge in [-0.05, 0) is 52.1 Å². The highest BCUT2D eigenvalue weighted by atomic mass is 16.1. The lowest BCUT2D eigenvalue weighted by atomic mass is 9.87. The fourth-order valence-corrected chi connectivity index (χ4v) is 4.86. The SMILES string of the molecule is CCC1CC(Nc2ncc(CN3CCC(C(=O)C(C)C)CC3)cn2)CN(C(C)C)C1. The molecule has 1 N–H and O–H groups in total. The zero-order chi connectivity index (χ0) is 21.7. The van der Waals surface area contributed by atoms with Gasteiger partial charge in [-0.3, -0.25) is 14.6 Å². The van der Waals surface area contributed by atoms with Crippen molar-refractivity contribution >= 4 is 11.7 Å². The number of nitrogens with one attached hydrogen (secondary N) is 1. The van der Waals surface area contributed by atoms with Gasteiger partial charge in [0, 0.05) is 61.5 Å². The molecule has 3 rings (SSSR count). The number of likely N-dealkylation sites (tertiary alicyclic amines) is 2. The van der Waals surface area contributed by atoms with Crippen LogP contribution in [0.2, 0.25) is 0 Å². The molecule has 2 saturated heterocycles. The van der Waals surface area contributed by atoms with Gasteiger partial charge in [-0.25, -0.2) is 9.97 Å². The molecule has 168 valence electrons. The molecular formula is C24H41N5O. The van der Waals surface area contributed by atoms with Gasteiger partial charge in [0.1, 0.15) is 5.78 Å². The third kappa shape index (κ3) is 6.24. The predicted octanol–water partition coefficient (Wildman–Crippen LogP) is 3.83. The van der Waals surface area contributed by atoms with Crippen LogP contribution in [-0.2, 0) is 11.3 Å². The Bertz CT molecular complexity index is 667. The lowest BCUT2D eigenvalue weighted by Crippen LogP contribution is -2.49. The molecule has 2 aliphatic heterocycles. The molecule has 0 saturated carbocycles. The Morgan fingerprint density at radius 3 is 2.37 bits per heavy atom. The van der Waals surface area contributed by atoms with Crippen molar-refractivity contribution in [1.29, 1.82) is 0 Å². The second kappa shape index (κ2) is 10.7. The van der Waals surface area contributed by atoms with Crippen LogP contribution >= 0.6 is 0 Å². The maximum absolute atomic E-state index is 12.2. The average molecular weight is 416 g/mol. The first-order valence-corrected chi connectivity index (χ1v) is 11.9. The van der Waals surface area contributed by atoms with Crippen LogP contribution in [0.5, 0.6) is 0 Å². The van der Waals surface area contributed by atoms with Crippen molar-refractivity contribution in [2.75, 3.05) is 31.5 Å². The van der Waals surface area contributed by atoms with Gasteiger partial charge in [-0.1, -0.05) is 27.2 Å². The minimum atomic E-state index is 0.152. The number of Topliss-reactive ketones (excluding diaryl/α,β-unsaturated/α-hetero) is 1. The molecule has 3 heterocycles. The monoisotopic (exact) mass is 415 g/mol. The van der Waals surface area contributed by atoms with Crippen molar-refractivity contribution in [1.82, 2.24) is 19.8 Å². The number of rotatable bonds is 8. The zero-order valence-electron chi connectivity index (χ0n) is 19.6. The Hall–Kier alpha value is -1.53. The molecule has 0 bridgehead atoms. The van der Waals surface area contributed by atoms with E-state index in [-0.39, 0.29) is 11.8 Å². The summed E-state index contributed by atoms with van der Waals surface area (Å²) in [6.45, 7) is 16.0. The third-order valence-electron chi connectivity index (χ3n) is 6.88. The number of aromatic nitrogens is 2. The second-order valence-corrected chi connectivity index (χ2v) is 9.92. The van der Waals surface area contributed by atoms with E-state index in [1.165, 1.54) is 19.4 Å². The molecule has 2 atom stereocenters. The summed E-state index contributed by atoms with van der Waals surface area (Å²) in [5.41, 5.74) is 1.15. The van der Waals surface area contributed by atoms with E-state index in [9.17, 15) is 4.79 Å². The van der Waals surface area contributed by atoms with E-state index >= 15 is 0 Å². The molecule has 0 radical (unpaired) electrons. The van der Waals surface area contributed by atoms with Crippen molar-refractivity contribution in [3.8, 4) is 0 Å².